The number of carbonyl (C=O) groups is 3. The first-order valence-corrected chi connectivity index (χ1v) is 18.7. The number of nitrogens with one attached hydrogen (secondary N) is 2. The van der Waals surface area contributed by atoms with Gasteiger partial charge in [-0.3, -0.25) is 24.5 Å². The average molecular weight is 732 g/mol. The standard InChI is InChI=1S/C39H47ClFN7O4/c1-24-29(30-9-11-33(49)44-36(30)50)8-10-32(35(24)41)47-16-12-39(13-17-47)14-18-48(19-15-39)37(51)26-6-4-25(5-7-26)27-20-28(23-45(2)22-27)43-31-21-42-46(3)38(52)34(31)40/h4-8,10,21,27-28,30,43H,9,11-20,22-23H2,1-3H3,(H,44,49,50). The largest absolute Gasteiger partial charge is 0.378 e. The Labute approximate surface area is 308 Å². The van der Waals surface area contributed by atoms with Gasteiger partial charge in [0.1, 0.15) is 10.8 Å². The second-order valence-corrected chi connectivity index (χ2v) is 15.7. The number of piperidine rings is 4. The molecule has 2 N–H and O–H groups in total. The van der Waals surface area contributed by atoms with Crippen molar-refractivity contribution in [2.24, 2.45) is 12.5 Å². The molecule has 4 aliphatic heterocycles. The number of likely N-dealkylation sites (N-methyl/N-ethyl adjacent to an activating group) is 1. The van der Waals surface area contributed by atoms with Crippen molar-refractivity contribution in [2.75, 3.05) is 56.5 Å². The first-order chi connectivity index (χ1) is 24.9. The number of aryl methyl sites for hydroxylation is 1. The third kappa shape index (κ3) is 7.19. The summed E-state index contributed by atoms with van der Waals surface area (Å²) >= 11 is 6.32. The molecule has 4 aliphatic rings. The number of carbonyl (C=O) groups excluding carboxylic acids is 3. The fourth-order valence-electron chi connectivity index (χ4n) is 8.78. The first-order valence-electron chi connectivity index (χ1n) is 18.3. The maximum atomic E-state index is 15.7. The summed E-state index contributed by atoms with van der Waals surface area (Å²) < 4.78 is 16.9. The second kappa shape index (κ2) is 14.6. The molecule has 3 aromatic rings. The number of aromatic nitrogens is 2. The van der Waals surface area contributed by atoms with Gasteiger partial charge in [-0.2, -0.15) is 5.10 Å². The third-order valence-corrected chi connectivity index (χ3v) is 12.4. The minimum Gasteiger partial charge on any atom is -0.378 e. The van der Waals surface area contributed by atoms with Crippen molar-refractivity contribution in [3.63, 3.8) is 0 Å². The number of rotatable bonds is 6. The Bertz CT molecular complexity index is 1920. The summed E-state index contributed by atoms with van der Waals surface area (Å²) in [5.74, 6) is -1.13. The molecule has 5 heterocycles. The van der Waals surface area contributed by atoms with E-state index in [9.17, 15) is 19.2 Å². The summed E-state index contributed by atoms with van der Waals surface area (Å²) in [5.41, 5.74) is 3.90. The third-order valence-electron chi connectivity index (χ3n) is 12.0. The Kier molecular flexibility index (Phi) is 10.1. The fourth-order valence-corrected chi connectivity index (χ4v) is 9.01. The summed E-state index contributed by atoms with van der Waals surface area (Å²) in [4.78, 5) is 56.2. The quantitative estimate of drug-likeness (QED) is 0.347. The van der Waals surface area contributed by atoms with Crippen LogP contribution in [-0.4, -0.2) is 89.7 Å². The van der Waals surface area contributed by atoms with Gasteiger partial charge in [-0.15, -0.1) is 0 Å². The SMILES string of the molecule is Cc1c(C2CCC(=O)NC2=O)ccc(N2CCC3(CCN(C(=O)c4ccc(C5CC(Nc6cnn(C)c(=O)c6Cl)CN(C)C5)cc4)CC3)CC2)c1F. The van der Waals surface area contributed by atoms with Crippen LogP contribution in [0.15, 0.2) is 47.4 Å². The lowest BCUT2D eigenvalue weighted by Crippen LogP contribution is -2.48. The summed E-state index contributed by atoms with van der Waals surface area (Å²) in [7, 11) is 3.65. The van der Waals surface area contributed by atoms with E-state index in [2.05, 4.69) is 44.7 Å². The molecule has 1 spiro atoms. The van der Waals surface area contributed by atoms with E-state index in [1.165, 1.54) is 10.2 Å². The van der Waals surface area contributed by atoms with E-state index < -0.39 is 5.92 Å². The van der Waals surface area contributed by atoms with Crippen molar-refractivity contribution in [2.45, 2.75) is 69.7 Å². The molecule has 13 heteroatoms. The summed E-state index contributed by atoms with van der Waals surface area (Å²) in [6.07, 6.45) is 6.83. The zero-order chi connectivity index (χ0) is 36.7. The van der Waals surface area contributed by atoms with Crippen LogP contribution in [0.1, 0.15) is 83.8 Å². The number of halogens is 2. The molecule has 3 unspecified atom stereocenters. The van der Waals surface area contributed by atoms with Gasteiger partial charge in [0.05, 0.1) is 23.5 Å². The Morgan fingerprint density at radius 1 is 0.981 bits per heavy atom. The van der Waals surface area contributed by atoms with Crippen molar-refractivity contribution in [1.29, 1.82) is 0 Å². The minimum absolute atomic E-state index is 0.0561. The number of hydrogen-bond donors (Lipinski definition) is 2. The molecule has 3 atom stereocenters. The van der Waals surface area contributed by atoms with Crippen LogP contribution in [0.25, 0.3) is 0 Å². The van der Waals surface area contributed by atoms with Crippen molar-refractivity contribution in [3.05, 3.63) is 86.0 Å². The van der Waals surface area contributed by atoms with Crippen LogP contribution in [0, 0.1) is 18.2 Å². The van der Waals surface area contributed by atoms with E-state index >= 15 is 4.39 Å². The number of amides is 3. The van der Waals surface area contributed by atoms with Crippen LogP contribution in [0.2, 0.25) is 5.02 Å². The predicted octanol–water partition coefficient (Wildman–Crippen LogP) is 4.82. The fraction of sp³-hybridized carbons (Fsp3) is 0.513. The smallest absolute Gasteiger partial charge is 0.287 e. The molecule has 3 amide bonds. The number of hydrogen-bond acceptors (Lipinski definition) is 8. The van der Waals surface area contributed by atoms with E-state index in [-0.39, 0.29) is 57.9 Å². The Balaban J connectivity index is 0.923. The van der Waals surface area contributed by atoms with Crippen molar-refractivity contribution < 1.29 is 18.8 Å². The van der Waals surface area contributed by atoms with Gasteiger partial charge in [0.25, 0.3) is 11.5 Å². The zero-order valence-corrected chi connectivity index (χ0v) is 30.8. The minimum atomic E-state index is -0.510. The maximum absolute atomic E-state index is 15.7. The first kappa shape index (κ1) is 36.1. The van der Waals surface area contributed by atoms with Crippen LogP contribution in [0.4, 0.5) is 15.8 Å². The molecular weight excluding hydrogens is 685 g/mol. The number of anilines is 2. The van der Waals surface area contributed by atoms with Gasteiger partial charge in [0.15, 0.2) is 0 Å². The number of imide groups is 1. The molecule has 0 bridgehead atoms. The zero-order valence-electron chi connectivity index (χ0n) is 30.1. The van der Waals surface area contributed by atoms with E-state index in [0.29, 0.717) is 47.6 Å². The lowest BCUT2D eigenvalue weighted by Gasteiger charge is -2.47. The van der Waals surface area contributed by atoms with Gasteiger partial charge in [0, 0.05) is 64.3 Å². The molecule has 2 aromatic carbocycles. The lowest BCUT2D eigenvalue weighted by atomic mass is 9.71. The van der Waals surface area contributed by atoms with Crippen molar-refractivity contribution in [3.8, 4) is 0 Å². The topological polar surface area (TPSA) is 120 Å². The molecule has 0 saturated carbocycles. The monoisotopic (exact) mass is 731 g/mol. The molecular formula is C39H47ClFN7O4. The van der Waals surface area contributed by atoms with Crippen LogP contribution in [0.3, 0.4) is 0 Å². The van der Waals surface area contributed by atoms with Crippen LogP contribution < -0.4 is 21.1 Å². The highest BCUT2D eigenvalue weighted by Gasteiger charge is 2.40. The van der Waals surface area contributed by atoms with Gasteiger partial charge in [-0.05, 0) is 98.7 Å². The van der Waals surface area contributed by atoms with E-state index in [1.54, 1.807) is 26.2 Å². The average Bonchev–Trinajstić information content (AvgIpc) is 3.14. The highest BCUT2D eigenvalue weighted by molar-refractivity contribution is 6.32. The number of likely N-dealkylation sites (tertiary alicyclic amines) is 2. The van der Waals surface area contributed by atoms with Gasteiger partial charge >= 0.3 is 0 Å². The van der Waals surface area contributed by atoms with E-state index in [0.717, 1.165) is 58.3 Å². The maximum Gasteiger partial charge on any atom is 0.287 e. The second-order valence-electron chi connectivity index (χ2n) is 15.3. The van der Waals surface area contributed by atoms with E-state index in [1.807, 2.05) is 23.1 Å². The molecule has 4 fully saturated rings. The Morgan fingerprint density at radius 3 is 2.37 bits per heavy atom. The summed E-state index contributed by atoms with van der Waals surface area (Å²) in [6, 6.07) is 11.7. The molecule has 4 saturated heterocycles. The van der Waals surface area contributed by atoms with Gasteiger partial charge in [0.2, 0.25) is 11.8 Å². The van der Waals surface area contributed by atoms with Gasteiger partial charge in [-0.1, -0.05) is 29.8 Å². The molecule has 11 nitrogen and oxygen atoms in total. The highest BCUT2D eigenvalue weighted by Crippen LogP contribution is 2.43. The van der Waals surface area contributed by atoms with E-state index in [4.69, 9.17) is 11.6 Å². The number of nitrogens with zero attached hydrogens (tertiary/aromatic N) is 5. The van der Waals surface area contributed by atoms with Crippen LogP contribution >= 0.6 is 11.6 Å². The summed E-state index contributed by atoms with van der Waals surface area (Å²) in [6.45, 7) is 6.31. The van der Waals surface area contributed by atoms with Crippen molar-refractivity contribution >= 4 is 40.7 Å². The lowest BCUT2D eigenvalue weighted by molar-refractivity contribution is -0.134. The van der Waals surface area contributed by atoms with Gasteiger partial charge < -0.3 is 20.0 Å². The van der Waals surface area contributed by atoms with Crippen LogP contribution in [-0.2, 0) is 16.6 Å². The molecule has 276 valence electrons. The van der Waals surface area contributed by atoms with Crippen LogP contribution in [0.5, 0.6) is 0 Å². The summed E-state index contributed by atoms with van der Waals surface area (Å²) in [5, 5.41) is 10.1. The Hall–Kier alpha value is -4.29. The predicted molar refractivity (Wildman–Crippen MR) is 198 cm³/mol. The normalized spacial score (nSPS) is 23.8. The molecule has 0 aliphatic carbocycles. The molecule has 52 heavy (non-hydrogen) atoms. The molecule has 7 rings (SSSR count). The number of benzene rings is 2. The van der Waals surface area contributed by atoms with Crippen molar-refractivity contribution in [1.82, 2.24) is 24.9 Å². The highest BCUT2D eigenvalue weighted by atomic mass is 35.5. The molecule has 1 aromatic heterocycles. The van der Waals surface area contributed by atoms with Gasteiger partial charge in [-0.25, -0.2) is 9.07 Å². The Morgan fingerprint density at radius 2 is 1.67 bits per heavy atom. The molecule has 0 radical (unpaired) electrons.